The van der Waals surface area contributed by atoms with Crippen molar-refractivity contribution in [1.29, 1.82) is 0 Å². The van der Waals surface area contributed by atoms with Gasteiger partial charge in [0.2, 0.25) is 5.91 Å². The molecule has 6 nitrogen and oxygen atoms in total. The number of guanidine groups is 1. The predicted octanol–water partition coefficient (Wildman–Crippen LogP) is 2.23. The van der Waals surface area contributed by atoms with Gasteiger partial charge in [0.25, 0.3) is 0 Å². The van der Waals surface area contributed by atoms with Gasteiger partial charge in [-0.2, -0.15) is 0 Å². The first-order valence-electron chi connectivity index (χ1n) is 8.82. The van der Waals surface area contributed by atoms with Crippen molar-refractivity contribution in [3.63, 3.8) is 0 Å². The fraction of sp³-hybridized carbons (Fsp3) is 0.556. The molecule has 1 aromatic rings. The third kappa shape index (κ3) is 6.34. The van der Waals surface area contributed by atoms with Gasteiger partial charge in [0, 0.05) is 31.9 Å². The lowest BCUT2D eigenvalue weighted by atomic mass is 10.1. The number of hydrogen-bond acceptors (Lipinski definition) is 3. The third-order valence-electron chi connectivity index (χ3n) is 3.98. The van der Waals surface area contributed by atoms with Crippen molar-refractivity contribution < 1.29 is 13.9 Å². The van der Waals surface area contributed by atoms with E-state index in [0.29, 0.717) is 11.8 Å². The second-order valence-corrected chi connectivity index (χ2v) is 5.87. The monoisotopic (exact) mass is 350 g/mol. The highest BCUT2D eigenvalue weighted by Gasteiger charge is 2.21. The van der Waals surface area contributed by atoms with Gasteiger partial charge < -0.3 is 20.3 Å². The average Bonchev–Trinajstić information content (AvgIpc) is 2.62. The molecule has 7 heteroatoms. The number of nitrogens with one attached hydrogen (secondary N) is 2. The van der Waals surface area contributed by atoms with Crippen LogP contribution in [0, 0.1) is 5.82 Å². The Morgan fingerprint density at radius 2 is 1.96 bits per heavy atom. The van der Waals surface area contributed by atoms with E-state index in [1.807, 2.05) is 13.8 Å². The van der Waals surface area contributed by atoms with Crippen molar-refractivity contribution in [2.45, 2.75) is 32.8 Å². The van der Waals surface area contributed by atoms with Gasteiger partial charge in [0.05, 0.1) is 6.10 Å². The van der Waals surface area contributed by atoms with Gasteiger partial charge in [0.1, 0.15) is 12.4 Å². The van der Waals surface area contributed by atoms with Crippen LogP contribution in [0.5, 0.6) is 0 Å². The van der Waals surface area contributed by atoms with E-state index in [4.69, 9.17) is 4.74 Å². The summed E-state index contributed by atoms with van der Waals surface area (Å²) in [7, 11) is 0. The highest BCUT2D eigenvalue weighted by atomic mass is 19.1. The van der Waals surface area contributed by atoms with Gasteiger partial charge in [-0.15, -0.1) is 0 Å². The van der Waals surface area contributed by atoms with Gasteiger partial charge in [-0.1, -0.05) is 0 Å². The van der Waals surface area contributed by atoms with Crippen LogP contribution >= 0.6 is 0 Å². The second-order valence-electron chi connectivity index (χ2n) is 5.87. The van der Waals surface area contributed by atoms with Gasteiger partial charge in [0.15, 0.2) is 5.96 Å². The molecule has 138 valence electrons. The van der Waals surface area contributed by atoms with Gasteiger partial charge >= 0.3 is 0 Å². The van der Waals surface area contributed by atoms with Crippen molar-refractivity contribution in [1.82, 2.24) is 10.2 Å². The Balaban J connectivity index is 1.88. The lowest BCUT2D eigenvalue weighted by Gasteiger charge is -2.34. The van der Waals surface area contributed by atoms with Crippen LogP contribution in [0.15, 0.2) is 29.3 Å². The summed E-state index contributed by atoms with van der Waals surface area (Å²) in [4.78, 5) is 18.6. The zero-order chi connectivity index (χ0) is 18.1. The van der Waals surface area contributed by atoms with Crippen molar-refractivity contribution in [2.75, 3.05) is 38.1 Å². The molecule has 1 heterocycles. The smallest absolute Gasteiger partial charge is 0.246 e. The number of carbonyl (C=O) groups excluding carboxylic acids is 1. The number of amides is 1. The number of hydrogen-bond donors (Lipinski definition) is 2. The Labute approximate surface area is 148 Å². The maximum absolute atomic E-state index is 12.9. The fourth-order valence-corrected chi connectivity index (χ4v) is 2.78. The molecule has 1 aliphatic heterocycles. The van der Waals surface area contributed by atoms with Crippen LogP contribution in [0.1, 0.15) is 26.7 Å². The average molecular weight is 350 g/mol. The van der Waals surface area contributed by atoms with Crippen LogP contribution in [-0.2, 0) is 9.53 Å². The third-order valence-corrected chi connectivity index (χ3v) is 3.98. The summed E-state index contributed by atoms with van der Waals surface area (Å²) in [5.74, 6) is 0.179. The summed E-state index contributed by atoms with van der Waals surface area (Å²) in [6, 6.07) is 5.68. The van der Waals surface area contributed by atoms with E-state index in [-0.39, 0.29) is 18.3 Å². The minimum absolute atomic E-state index is 0.0189. The standard InChI is InChI=1S/C18H27FN4O2/c1-3-20-18(23-11-9-16(10-12-23)25-4-2)21-13-17(24)22-15-7-5-14(19)6-8-15/h5-8,16H,3-4,9-13H2,1-2H3,(H,20,21)(H,22,24). The van der Waals surface area contributed by atoms with E-state index in [1.54, 1.807) is 0 Å². The topological polar surface area (TPSA) is 66.0 Å². The van der Waals surface area contributed by atoms with Gasteiger partial charge in [-0.25, -0.2) is 9.38 Å². The first-order chi connectivity index (χ1) is 12.1. The van der Waals surface area contributed by atoms with Crippen LogP contribution in [0.25, 0.3) is 0 Å². The van der Waals surface area contributed by atoms with Crippen LogP contribution in [0.4, 0.5) is 10.1 Å². The Bertz CT molecular complexity index is 569. The minimum Gasteiger partial charge on any atom is -0.378 e. The molecule has 1 amide bonds. The Hall–Kier alpha value is -2.15. The van der Waals surface area contributed by atoms with Crippen LogP contribution < -0.4 is 10.6 Å². The summed E-state index contributed by atoms with van der Waals surface area (Å²) in [6.45, 7) is 7.22. The molecule has 1 saturated heterocycles. The largest absolute Gasteiger partial charge is 0.378 e. The summed E-state index contributed by atoms with van der Waals surface area (Å²) >= 11 is 0. The molecule has 0 atom stereocenters. The normalized spacial score (nSPS) is 16.0. The first kappa shape index (κ1) is 19.2. The number of anilines is 1. The molecule has 0 aliphatic carbocycles. The van der Waals surface area contributed by atoms with Crippen LogP contribution in [0.2, 0.25) is 0 Å². The molecule has 0 saturated carbocycles. The summed E-state index contributed by atoms with van der Waals surface area (Å²) < 4.78 is 18.6. The predicted molar refractivity (Wildman–Crippen MR) is 97.2 cm³/mol. The number of ether oxygens (including phenoxy) is 1. The molecule has 0 unspecified atom stereocenters. The number of halogens is 1. The zero-order valence-corrected chi connectivity index (χ0v) is 14.9. The lowest BCUT2D eigenvalue weighted by molar-refractivity contribution is -0.114. The van der Waals surface area contributed by atoms with Crippen molar-refractivity contribution in [3.8, 4) is 0 Å². The molecule has 0 aromatic heterocycles. The Morgan fingerprint density at radius 1 is 1.28 bits per heavy atom. The number of carbonyl (C=O) groups is 1. The van der Waals surface area contributed by atoms with E-state index < -0.39 is 0 Å². The minimum atomic E-state index is -0.332. The van der Waals surface area contributed by atoms with Crippen molar-refractivity contribution in [3.05, 3.63) is 30.1 Å². The summed E-state index contributed by atoms with van der Waals surface area (Å²) in [5, 5.41) is 5.95. The Kier molecular flexibility index (Phi) is 7.66. The molecular weight excluding hydrogens is 323 g/mol. The SMILES string of the molecule is CCNC(=NCC(=O)Nc1ccc(F)cc1)N1CCC(OCC)CC1. The molecule has 0 bridgehead atoms. The number of piperidine rings is 1. The zero-order valence-electron chi connectivity index (χ0n) is 14.9. The molecule has 2 rings (SSSR count). The number of nitrogens with zero attached hydrogens (tertiary/aromatic N) is 2. The van der Waals surface area contributed by atoms with E-state index in [1.165, 1.54) is 24.3 Å². The number of rotatable bonds is 6. The number of likely N-dealkylation sites (tertiary alicyclic amines) is 1. The molecule has 25 heavy (non-hydrogen) atoms. The second kappa shape index (κ2) is 9.98. The van der Waals surface area contributed by atoms with Crippen molar-refractivity contribution in [2.24, 2.45) is 4.99 Å². The molecular formula is C18H27FN4O2. The van der Waals surface area contributed by atoms with Crippen LogP contribution in [-0.4, -0.2) is 55.7 Å². The number of benzene rings is 1. The van der Waals surface area contributed by atoms with E-state index in [0.717, 1.165) is 45.0 Å². The molecule has 0 spiro atoms. The van der Waals surface area contributed by atoms with Crippen molar-refractivity contribution >= 4 is 17.6 Å². The summed E-state index contributed by atoms with van der Waals surface area (Å²) in [5.41, 5.74) is 0.559. The van der Waals surface area contributed by atoms with E-state index >= 15 is 0 Å². The molecule has 1 aliphatic rings. The number of aliphatic imine (C=N–C) groups is 1. The maximum atomic E-state index is 12.9. The lowest BCUT2D eigenvalue weighted by Crippen LogP contribution is -2.47. The van der Waals surface area contributed by atoms with E-state index in [2.05, 4.69) is 20.5 Å². The van der Waals surface area contributed by atoms with Gasteiger partial charge in [-0.05, 0) is 51.0 Å². The van der Waals surface area contributed by atoms with E-state index in [9.17, 15) is 9.18 Å². The highest BCUT2D eigenvalue weighted by molar-refractivity contribution is 5.94. The molecule has 1 fully saturated rings. The first-order valence-corrected chi connectivity index (χ1v) is 8.82. The maximum Gasteiger partial charge on any atom is 0.246 e. The Morgan fingerprint density at radius 3 is 2.56 bits per heavy atom. The quantitative estimate of drug-likeness (QED) is 0.610. The molecule has 1 aromatic carbocycles. The highest BCUT2D eigenvalue weighted by Crippen LogP contribution is 2.14. The summed E-state index contributed by atoms with van der Waals surface area (Å²) in [6.07, 6.45) is 2.23. The van der Waals surface area contributed by atoms with Crippen LogP contribution in [0.3, 0.4) is 0 Å². The molecule has 2 N–H and O–H groups in total. The molecule has 0 radical (unpaired) electrons. The fourth-order valence-electron chi connectivity index (χ4n) is 2.78. The van der Waals surface area contributed by atoms with Gasteiger partial charge in [-0.3, -0.25) is 4.79 Å².